The molecule has 1 fully saturated rings. The van der Waals surface area contributed by atoms with Crippen LogP contribution in [0.4, 0.5) is 0 Å². The van der Waals surface area contributed by atoms with Crippen molar-refractivity contribution in [2.75, 3.05) is 33.2 Å². The average Bonchev–Trinajstić information content (AvgIpc) is 3.08. The highest BCUT2D eigenvalue weighted by molar-refractivity contribution is 6.00. The van der Waals surface area contributed by atoms with Gasteiger partial charge < -0.3 is 19.9 Å². The molecule has 0 atom stereocenters. The van der Waals surface area contributed by atoms with E-state index in [-0.39, 0.29) is 11.8 Å². The van der Waals surface area contributed by atoms with Crippen molar-refractivity contribution >= 4 is 27.7 Å². The van der Waals surface area contributed by atoms with Gasteiger partial charge in [-0.2, -0.15) is 0 Å². The van der Waals surface area contributed by atoms with Crippen LogP contribution in [0, 0.1) is 0 Å². The fraction of sp³-hybridized carbons (Fsp3) is 0.217. The molecule has 1 aliphatic rings. The highest BCUT2D eigenvalue weighted by atomic mass is 16.3. The molecule has 6 nitrogen and oxygen atoms in total. The van der Waals surface area contributed by atoms with Gasteiger partial charge in [0.15, 0.2) is 5.88 Å². The number of rotatable bonds is 2. The summed E-state index contributed by atoms with van der Waals surface area (Å²) in [6, 6.07) is 17.2. The third kappa shape index (κ3) is 3.11. The zero-order valence-corrected chi connectivity index (χ0v) is 16.2. The highest BCUT2D eigenvalue weighted by Gasteiger charge is 2.21. The second kappa shape index (κ2) is 6.90. The lowest BCUT2D eigenvalue weighted by molar-refractivity contribution is 0.0664. The number of aromatic amines is 1. The van der Waals surface area contributed by atoms with Crippen molar-refractivity contribution in [1.29, 1.82) is 0 Å². The summed E-state index contributed by atoms with van der Waals surface area (Å²) in [5.74, 6) is 0.179. The number of hydrogen-bond donors (Lipinski definition) is 2. The summed E-state index contributed by atoms with van der Waals surface area (Å²) in [6.07, 6.45) is 0. The number of piperazine rings is 1. The minimum absolute atomic E-state index is 0.0679. The second-order valence-corrected chi connectivity index (χ2v) is 7.59. The van der Waals surface area contributed by atoms with Crippen molar-refractivity contribution in [1.82, 2.24) is 19.8 Å². The van der Waals surface area contributed by atoms with Gasteiger partial charge in [0.25, 0.3) is 5.91 Å². The molecule has 0 saturated carbocycles. The number of para-hydroxylation sites is 1. The average molecular weight is 386 g/mol. The molecule has 2 aromatic heterocycles. The van der Waals surface area contributed by atoms with Crippen molar-refractivity contribution in [3.63, 3.8) is 0 Å². The van der Waals surface area contributed by atoms with E-state index in [1.807, 2.05) is 59.5 Å². The zero-order valence-electron chi connectivity index (χ0n) is 16.2. The van der Waals surface area contributed by atoms with Crippen LogP contribution in [0.15, 0.2) is 54.6 Å². The topological polar surface area (TPSA) is 72.5 Å². The monoisotopic (exact) mass is 386 g/mol. The van der Waals surface area contributed by atoms with Gasteiger partial charge in [-0.15, -0.1) is 0 Å². The molecule has 29 heavy (non-hydrogen) atoms. The first-order valence-corrected chi connectivity index (χ1v) is 9.79. The maximum absolute atomic E-state index is 12.8. The molecule has 0 unspecified atom stereocenters. The molecule has 0 bridgehead atoms. The summed E-state index contributed by atoms with van der Waals surface area (Å²) in [5.41, 5.74) is 3.74. The van der Waals surface area contributed by atoms with Gasteiger partial charge >= 0.3 is 0 Å². The highest BCUT2D eigenvalue weighted by Crippen LogP contribution is 2.36. The normalized spacial score (nSPS) is 15.3. The molecule has 1 aliphatic heterocycles. The fourth-order valence-corrected chi connectivity index (χ4v) is 3.98. The van der Waals surface area contributed by atoms with Gasteiger partial charge in [0.05, 0.1) is 16.8 Å². The number of carbonyl (C=O) groups is 1. The first-order valence-electron chi connectivity index (χ1n) is 9.79. The molecular weight excluding hydrogens is 364 g/mol. The molecule has 146 valence electrons. The Morgan fingerprint density at radius 2 is 1.83 bits per heavy atom. The Bertz CT molecular complexity index is 1220. The molecule has 4 aromatic rings. The number of hydrogen-bond acceptors (Lipinski definition) is 4. The van der Waals surface area contributed by atoms with Crippen molar-refractivity contribution in [2.45, 2.75) is 0 Å². The molecule has 1 saturated heterocycles. The van der Waals surface area contributed by atoms with E-state index in [1.54, 1.807) is 0 Å². The number of nitrogens with one attached hydrogen (secondary N) is 1. The Kier molecular flexibility index (Phi) is 4.21. The summed E-state index contributed by atoms with van der Waals surface area (Å²) in [5, 5.41) is 12.2. The van der Waals surface area contributed by atoms with Gasteiger partial charge in [-0.1, -0.05) is 24.3 Å². The molecule has 3 heterocycles. The predicted molar refractivity (Wildman–Crippen MR) is 114 cm³/mol. The number of H-pyrrole nitrogens is 1. The van der Waals surface area contributed by atoms with Crippen molar-refractivity contribution < 1.29 is 9.90 Å². The minimum atomic E-state index is 0.0679. The zero-order chi connectivity index (χ0) is 20.0. The Morgan fingerprint density at radius 1 is 1.03 bits per heavy atom. The van der Waals surface area contributed by atoms with E-state index in [2.05, 4.69) is 16.9 Å². The third-order valence-corrected chi connectivity index (χ3v) is 5.67. The van der Waals surface area contributed by atoms with E-state index in [0.717, 1.165) is 48.0 Å². The maximum atomic E-state index is 12.8. The number of pyridine rings is 1. The van der Waals surface area contributed by atoms with Crippen LogP contribution in [0.25, 0.3) is 33.1 Å². The standard InChI is InChI=1S/C23H22N4O2/c1-26-10-12-27(13-11-26)23(29)16-7-8-18-15(14-16)6-9-20(24-18)21-17-4-2-3-5-19(17)25-22(21)28/h2-9,14,25,28H,10-13H2,1H3. The Labute approximate surface area is 168 Å². The van der Waals surface area contributed by atoms with Gasteiger partial charge in [0.1, 0.15) is 0 Å². The number of amides is 1. The molecule has 2 N–H and O–H groups in total. The van der Waals surface area contributed by atoms with E-state index >= 15 is 0 Å². The molecule has 5 rings (SSSR count). The number of fused-ring (bicyclic) bond motifs is 2. The second-order valence-electron chi connectivity index (χ2n) is 7.59. The van der Waals surface area contributed by atoms with Crippen LogP contribution in [0.3, 0.4) is 0 Å². The van der Waals surface area contributed by atoms with Crippen LogP contribution in [-0.2, 0) is 0 Å². The molecule has 0 radical (unpaired) electrons. The third-order valence-electron chi connectivity index (χ3n) is 5.67. The van der Waals surface area contributed by atoms with Gasteiger partial charge in [-0.3, -0.25) is 4.79 Å². The summed E-state index contributed by atoms with van der Waals surface area (Å²) in [6.45, 7) is 3.31. The number of likely N-dealkylation sites (N-methyl/N-ethyl adjacent to an activating group) is 1. The number of aromatic hydroxyl groups is 1. The van der Waals surface area contributed by atoms with E-state index in [9.17, 15) is 9.90 Å². The summed E-state index contributed by atoms with van der Waals surface area (Å²) < 4.78 is 0. The lowest BCUT2D eigenvalue weighted by Gasteiger charge is -2.32. The van der Waals surface area contributed by atoms with Crippen LogP contribution in [-0.4, -0.2) is 64.0 Å². The lowest BCUT2D eigenvalue weighted by Crippen LogP contribution is -2.47. The Morgan fingerprint density at radius 3 is 2.66 bits per heavy atom. The van der Waals surface area contributed by atoms with Crippen LogP contribution < -0.4 is 0 Å². The van der Waals surface area contributed by atoms with Crippen LogP contribution in [0.1, 0.15) is 10.4 Å². The number of carbonyl (C=O) groups excluding carboxylic acids is 1. The smallest absolute Gasteiger partial charge is 0.253 e. The first-order chi connectivity index (χ1) is 14.1. The molecule has 1 amide bonds. The van der Waals surface area contributed by atoms with E-state index in [4.69, 9.17) is 4.98 Å². The van der Waals surface area contributed by atoms with Crippen molar-refractivity contribution in [3.05, 3.63) is 60.2 Å². The molecule has 0 aliphatic carbocycles. The molecule has 0 spiro atoms. The Balaban J connectivity index is 1.50. The van der Waals surface area contributed by atoms with E-state index in [0.29, 0.717) is 16.8 Å². The molecular formula is C23H22N4O2. The number of aromatic nitrogens is 2. The SMILES string of the molecule is CN1CCN(C(=O)c2ccc3nc(-c4c(O)[nH]c5ccccc45)ccc3c2)CC1. The van der Waals surface area contributed by atoms with Crippen LogP contribution in [0.2, 0.25) is 0 Å². The first kappa shape index (κ1) is 17.7. The largest absolute Gasteiger partial charge is 0.494 e. The number of benzene rings is 2. The molecule has 6 heteroatoms. The summed E-state index contributed by atoms with van der Waals surface area (Å²) >= 11 is 0. The lowest BCUT2D eigenvalue weighted by atomic mass is 10.1. The number of nitrogens with zero attached hydrogens (tertiary/aromatic N) is 3. The minimum Gasteiger partial charge on any atom is -0.494 e. The fourth-order valence-electron chi connectivity index (χ4n) is 3.98. The summed E-state index contributed by atoms with van der Waals surface area (Å²) in [4.78, 5) is 24.7. The maximum Gasteiger partial charge on any atom is 0.253 e. The van der Waals surface area contributed by atoms with E-state index in [1.165, 1.54) is 0 Å². The van der Waals surface area contributed by atoms with Gasteiger partial charge in [-0.05, 0) is 37.4 Å². The van der Waals surface area contributed by atoms with Crippen molar-refractivity contribution in [3.8, 4) is 17.1 Å². The van der Waals surface area contributed by atoms with Gasteiger partial charge in [-0.25, -0.2) is 4.98 Å². The predicted octanol–water partition coefficient (Wildman–Crippen LogP) is 3.48. The van der Waals surface area contributed by atoms with Crippen molar-refractivity contribution in [2.24, 2.45) is 0 Å². The van der Waals surface area contributed by atoms with Gasteiger partial charge in [0.2, 0.25) is 0 Å². The van der Waals surface area contributed by atoms with Crippen LogP contribution in [0.5, 0.6) is 5.88 Å². The van der Waals surface area contributed by atoms with Crippen LogP contribution >= 0.6 is 0 Å². The Hall–Kier alpha value is -3.38. The summed E-state index contributed by atoms with van der Waals surface area (Å²) in [7, 11) is 2.08. The van der Waals surface area contributed by atoms with Gasteiger partial charge in [0, 0.05) is 48.0 Å². The quantitative estimate of drug-likeness (QED) is 0.553. The molecule has 2 aromatic carbocycles. The van der Waals surface area contributed by atoms with E-state index < -0.39 is 0 Å².